The lowest BCUT2D eigenvalue weighted by molar-refractivity contribution is 0.427. The Morgan fingerprint density at radius 2 is 2.23 bits per heavy atom. The molecule has 0 saturated carbocycles. The van der Waals surface area contributed by atoms with E-state index in [1.165, 1.54) is 6.07 Å². The first-order valence-corrected chi connectivity index (χ1v) is 4.20. The molecule has 0 aliphatic carbocycles. The van der Waals surface area contributed by atoms with E-state index in [0.717, 1.165) is 5.57 Å². The Hall–Kier alpha value is -1.02. The van der Waals surface area contributed by atoms with Crippen LogP contribution >= 0.6 is 11.6 Å². The van der Waals surface area contributed by atoms with Crippen LogP contribution in [-0.2, 0) is 6.42 Å². The molecule has 0 spiro atoms. The molecule has 70 valence electrons. The van der Waals surface area contributed by atoms with Crippen molar-refractivity contribution in [2.24, 2.45) is 0 Å². The van der Waals surface area contributed by atoms with E-state index < -0.39 is 5.82 Å². The predicted molar refractivity (Wildman–Crippen MR) is 51.6 cm³/mol. The highest BCUT2D eigenvalue weighted by atomic mass is 35.5. The van der Waals surface area contributed by atoms with Crippen LogP contribution in [0.5, 0.6) is 5.75 Å². The first-order valence-electron chi connectivity index (χ1n) is 3.82. The van der Waals surface area contributed by atoms with Crippen molar-refractivity contribution in [3.8, 4) is 5.75 Å². The third-order valence-electron chi connectivity index (χ3n) is 1.64. The number of rotatable bonds is 2. The van der Waals surface area contributed by atoms with Crippen molar-refractivity contribution in [1.29, 1.82) is 0 Å². The standard InChI is InChI=1S/C10H10ClFO/c1-6(2)5-7-3-4-8(11)9(12)10(7)13/h3-4,13H,1,5H2,2H3. The largest absolute Gasteiger partial charge is 0.505 e. The molecule has 0 radical (unpaired) electrons. The molecule has 1 rings (SSSR count). The molecule has 0 heterocycles. The van der Waals surface area contributed by atoms with E-state index in [2.05, 4.69) is 6.58 Å². The molecule has 0 saturated heterocycles. The lowest BCUT2D eigenvalue weighted by Crippen LogP contribution is -1.90. The zero-order valence-corrected chi connectivity index (χ0v) is 8.03. The van der Waals surface area contributed by atoms with Gasteiger partial charge in [0.15, 0.2) is 11.6 Å². The van der Waals surface area contributed by atoms with Crippen LogP contribution in [0.3, 0.4) is 0 Å². The summed E-state index contributed by atoms with van der Waals surface area (Å²) in [7, 11) is 0. The minimum Gasteiger partial charge on any atom is -0.505 e. The van der Waals surface area contributed by atoms with Crippen molar-refractivity contribution in [2.45, 2.75) is 13.3 Å². The van der Waals surface area contributed by atoms with Crippen LogP contribution in [0, 0.1) is 5.82 Å². The summed E-state index contributed by atoms with van der Waals surface area (Å²) in [6.45, 7) is 5.49. The van der Waals surface area contributed by atoms with E-state index in [1.807, 2.05) is 6.92 Å². The predicted octanol–water partition coefficient (Wildman–Crippen LogP) is 3.30. The average molecular weight is 201 g/mol. The second-order valence-electron chi connectivity index (χ2n) is 3.00. The van der Waals surface area contributed by atoms with Crippen molar-refractivity contribution in [3.63, 3.8) is 0 Å². The molecule has 0 aliphatic rings. The maximum atomic E-state index is 13.0. The Morgan fingerprint density at radius 1 is 1.62 bits per heavy atom. The molecular weight excluding hydrogens is 191 g/mol. The normalized spacial score (nSPS) is 10.1. The number of aromatic hydroxyl groups is 1. The molecule has 1 aromatic carbocycles. The van der Waals surface area contributed by atoms with E-state index in [1.54, 1.807) is 6.07 Å². The van der Waals surface area contributed by atoms with Crippen LogP contribution in [0.25, 0.3) is 0 Å². The number of halogens is 2. The van der Waals surface area contributed by atoms with Crippen LogP contribution < -0.4 is 0 Å². The van der Waals surface area contributed by atoms with Crippen molar-refractivity contribution in [2.75, 3.05) is 0 Å². The third kappa shape index (κ3) is 2.22. The van der Waals surface area contributed by atoms with E-state index in [-0.39, 0.29) is 10.8 Å². The van der Waals surface area contributed by atoms with Gasteiger partial charge in [0.1, 0.15) is 0 Å². The number of phenolic OH excluding ortho intramolecular Hbond substituents is 1. The van der Waals surface area contributed by atoms with Crippen LogP contribution in [0.1, 0.15) is 12.5 Å². The number of hydrogen-bond donors (Lipinski definition) is 1. The van der Waals surface area contributed by atoms with Crippen molar-refractivity contribution in [3.05, 3.63) is 40.7 Å². The topological polar surface area (TPSA) is 20.2 Å². The summed E-state index contributed by atoms with van der Waals surface area (Å²) in [5, 5.41) is 9.26. The fourth-order valence-corrected chi connectivity index (χ4v) is 1.20. The molecular formula is C10H10ClFO. The van der Waals surface area contributed by atoms with Crippen molar-refractivity contribution >= 4 is 11.6 Å². The van der Waals surface area contributed by atoms with Crippen LogP contribution in [0.4, 0.5) is 4.39 Å². The zero-order valence-electron chi connectivity index (χ0n) is 7.27. The fraction of sp³-hybridized carbons (Fsp3) is 0.200. The Balaban J connectivity index is 3.10. The van der Waals surface area contributed by atoms with Gasteiger partial charge in [0, 0.05) is 5.56 Å². The SMILES string of the molecule is C=C(C)Cc1ccc(Cl)c(F)c1O. The Labute approximate surface area is 81.5 Å². The molecule has 1 nitrogen and oxygen atoms in total. The third-order valence-corrected chi connectivity index (χ3v) is 1.94. The van der Waals surface area contributed by atoms with E-state index in [9.17, 15) is 9.50 Å². The molecule has 0 unspecified atom stereocenters. The molecule has 0 aliphatic heterocycles. The average Bonchev–Trinajstić information content (AvgIpc) is 2.06. The smallest absolute Gasteiger partial charge is 0.183 e. The molecule has 1 aromatic rings. The first kappa shape index (κ1) is 10.1. The molecule has 13 heavy (non-hydrogen) atoms. The molecule has 3 heteroatoms. The van der Waals surface area contributed by atoms with Gasteiger partial charge in [0.25, 0.3) is 0 Å². The Bertz CT molecular complexity index is 347. The summed E-state index contributed by atoms with van der Waals surface area (Å²) in [5.74, 6) is -1.14. The summed E-state index contributed by atoms with van der Waals surface area (Å²) < 4.78 is 13.0. The van der Waals surface area contributed by atoms with E-state index >= 15 is 0 Å². The van der Waals surface area contributed by atoms with Gasteiger partial charge < -0.3 is 5.11 Å². The summed E-state index contributed by atoms with van der Waals surface area (Å²) in [6.07, 6.45) is 0.458. The lowest BCUT2D eigenvalue weighted by Gasteiger charge is -2.05. The maximum absolute atomic E-state index is 13.0. The number of hydrogen-bond acceptors (Lipinski definition) is 1. The highest BCUT2D eigenvalue weighted by Gasteiger charge is 2.10. The fourth-order valence-electron chi connectivity index (χ4n) is 1.05. The van der Waals surface area contributed by atoms with E-state index in [0.29, 0.717) is 12.0 Å². The first-order chi connectivity index (χ1) is 6.02. The minimum atomic E-state index is -0.764. The molecule has 0 atom stereocenters. The van der Waals surface area contributed by atoms with Gasteiger partial charge in [-0.25, -0.2) is 4.39 Å². The maximum Gasteiger partial charge on any atom is 0.183 e. The quantitative estimate of drug-likeness (QED) is 0.727. The summed E-state index contributed by atoms with van der Waals surface area (Å²) >= 11 is 5.47. The van der Waals surface area contributed by atoms with Crippen LogP contribution in [-0.4, -0.2) is 5.11 Å². The number of benzene rings is 1. The number of allylic oxidation sites excluding steroid dienone is 1. The van der Waals surface area contributed by atoms with Gasteiger partial charge in [-0.15, -0.1) is 0 Å². The number of phenols is 1. The molecule has 1 N–H and O–H groups in total. The van der Waals surface area contributed by atoms with Gasteiger partial charge in [0.05, 0.1) is 5.02 Å². The Kier molecular flexibility index (Phi) is 2.94. The zero-order chi connectivity index (χ0) is 10.0. The monoisotopic (exact) mass is 200 g/mol. The Morgan fingerprint density at radius 3 is 2.77 bits per heavy atom. The van der Waals surface area contributed by atoms with Gasteiger partial charge in [-0.3, -0.25) is 0 Å². The van der Waals surface area contributed by atoms with Crippen LogP contribution in [0.2, 0.25) is 5.02 Å². The molecule has 0 fully saturated rings. The summed E-state index contributed by atoms with van der Waals surface area (Å²) in [4.78, 5) is 0. The van der Waals surface area contributed by atoms with Gasteiger partial charge in [0.2, 0.25) is 0 Å². The summed E-state index contributed by atoms with van der Waals surface area (Å²) in [5.41, 5.74) is 1.37. The lowest BCUT2D eigenvalue weighted by atomic mass is 10.1. The van der Waals surface area contributed by atoms with Crippen molar-refractivity contribution in [1.82, 2.24) is 0 Å². The van der Waals surface area contributed by atoms with Crippen LogP contribution in [0.15, 0.2) is 24.3 Å². The molecule has 0 amide bonds. The van der Waals surface area contributed by atoms with Gasteiger partial charge in [-0.05, 0) is 19.4 Å². The summed E-state index contributed by atoms with van der Waals surface area (Å²) in [6, 6.07) is 3.02. The molecule has 0 bridgehead atoms. The molecule has 0 aromatic heterocycles. The highest BCUT2D eigenvalue weighted by Crippen LogP contribution is 2.28. The van der Waals surface area contributed by atoms with Gasteiger partial charge in [-0.2, -0.15) is 0 Å². The minimum absolute atomic E-state index is 0.0667. The van der Waals surface area contributed by atoms with Gasteiger partial charge >= 0.3 is 0 Å². The van der Waals surface area contributed by atoms with Crippen molar-refractivity contribution < 1.29 is 9.50 Å². The van der Waals surface area contributed by atoms with Gasteiger partial charge in [-0.1, -0.05) is 29.8 Å². The van der Waals surface area contributed by atoms with E-state index in [4.69, 9.17) is 11.6 Å². The second-order valence-corrected chi connectivity index (χ2v) is 3.41. The second kappa shape index (κ2) is 3.79. The highest BCUT2D eigenvalue weighted by molar-refractivity contribution is 6.30.